The first kappa shape index (κ1) is 17.2. The molecule has 2 aromatic heterocycles. The van der Waals surface area contributed by atoms with E-state index in [-0.39, 0.29) is 23.2 Å². The Labute approximate surface area is 155 Å². The molecule has 27 heavy (non-hydrogen) atoms. The lowest BCUT2D eigenvalue weighted by atomic mass is 10.0. The summed E-state index contributed by atoms with van der Waals surface area (Å²) in [4.78, 5) is 16.7. The summed E-state index contributed by atoms with van der Waals surface area (Å²) in [7, 11) is 0. The lowest BCUT2D eigenvalue weighted by molar-refractivity contribution is 0.364. The van der Waals surface area contributed by atoms with Gasteiger partial charge >= 0.3 is 0 Å². The minimum atomic E-state index is -0.304. The lowest BCUT2D eigenvalue weighted by Crippen LogP contribution is -2.37. The average molecular weight is 364 g/mol. The molecule has 3 aromatic rings. The summed E-state index contributed by atoms with van der Waals surface area (Å²) in [5.41, 5.74) is 8.28. The Kier molecular flexibility index (Phi) is 4.55. The van der Waals surface area contributed by atoms with Crippen molar-refractivity contribution in [3.63, 3.8) is 0 Å². The number of nitrogens with two attached hydrogens (primary N) is 1. The van der Waals surface area contributed by atoms with Crippen molar-refractivity contribution >= 4 is 5.82 Å². The second-order valence-corrected chi connectivity index (χ2v) is 6.59. The Morgan fingerprint density at radius 2 is 2.11 bits per heavy atom. The van der Waals surface area contributed by atoms with E-state index < -0.39 is 0 Å². The van der Waals surface area contributed by atoms with E-state index in [0.717, 1.165) is 30.5 Å². The molecule has 1 aliphatic rings. The number of piperidine rings is 1. The highest BCUT2D eigenvalue weighted by atomic mass is 16.3. The minimum Gasteiger partial charge on any atom is -0.507 e. The van der Waals surface area contributed by atoms with Gasteiger partial charge in [0.25, 0.3) is 5.56 Å². The monoisotopic (exact) mass is 364 g/mol. The quantitative estimate of drug-likeness (QED) is 0.645. The molecule has 0 bridgehead atoms. The fourth-order valence-corrected chi connectivity index (χ4v) is 3.38. The van der Waals surface area contributed by atoms with E-state index in [4.69, 9.17) is 5.73 Å². The summed E-state index contributed by atoms with van der Waals surface area (Å²) in [5, 5.41) is 21.4. The molecule has 8 nitrogen and oxygen atoms in total. The van der Waals surface area contributed by atoms with Gasteiger partial charge in [0.05, 0.1) is 18.1 Å². The number of hydrogen-bond donors (Lipinski definition) is 3. The summed E-state index contributed by atoms with van der Waals surface area (Å²) in [6.07, 6.45) is 6.82. The number of aromatic hydroxyl groups is 1. The summed E-state index contributed by atoms with van der Waals surface area (Å²) in [6.45, 7) is 1.65. The smallest absolute Gasteiger partial charge is 0.293 e. The maximum atomic E-state index is 12.5. The molecule has 1 unspecified atom stereocenters. The minimum absolute atomic E-state index is 0.0185. The first-order valence-corrected chi connectivity index (χ1v) is 8.83. The van der Waals surface area contributed by atoms with Gasteiger partial charge in [-0.05, 0) is 43.1 Å². The number of nitrogen functional groups attached to an aromatic ring is 1. The maximum Gasteiger partial charge on any atom is 0.293 e. The topological polar surface area (TPSA) is 119 Å². The molecule has 0 radical (unpaired) electrons. The van der Waals surface area contributed by atoms with E-state index in [0.29, 0.717) is 17.8 Å². The molecule has 0 saturated carbocycles. The molecule has 3 heterocycles. The third kappa shape index (κ3) is 3.39. The Hall–Kier alpha value is -3.26. The maximum absolute atomic E-state index is 12.5. The molecule has 8 heteroatoms. The van der Waals surface area contributed by atoms with Crippen LogP contribution in [0.2, 0.25) is 0 Å². The van der Waals surface area contributed by atoms with Gasteiger partial charge < -0.3 is 20.7 Å². The van der Waals surface area contributed by atoms with Gasteiger partial charge in [-0.3, -0.25) is 4.79 Å². The molecular formula is C19H20N6O2. The average Bonchev–Trinajstić information content (AvgIpc) is 2.72. The standard InChI is InChI=1S/C19H20N6O2/c20-18-19(27)25(14-2-1-6-21-10-14)11-16(24-18)15-8-12(3-4-17(15)26)13-5-7-22-23-9-13/h3-5,7-9,11,14,21,26H,1-2,6,10H2,(H2,20,24). The number of nitrogens with one attached hydrogen (secondary N) is 1. The van der Waals surface area contributed by atoms with E-state index in [1.54, 1.807) is 35.3 Å². The Morgan fingerprint density at radius 1 is 1.22 bits per heavy atom. The van der Waals surface area contributed by atoms with Crippen LogP contribution in [0.25, 0.3) is 22.4 Å². The Morgan fingerprint density at radius 3 is 2.85 bits per heavy atom. The van der Waals surface area contributed by atoms with Crippen LogP contribution in [0.3, 0.4) is 0 Å². The van der Waals surface area contributed by atoms with Crippen molar-refractivity contribution < 1.29 is 5.11 Å². The normalized spacial score (nSPS) is 17.0. The van der Waals surface area contributed by atoms with Crippen LogP contribution in [0.1, 0.15) is 18.9 Å². The van der Waals surface area contributed by atoms with E-state index >= 15 is 0 Å². The van der Waals surface area contributed by atoms with Crippen LogP contribution in [-0.2, 0) is 0 Å². The predicted octanol–water partition coefficient (Wildman–Crippen LogP) is 1.58. The first-order chi connectivity index (χ1) is 13.1. The fraction of sp³-hybridized carbons (Fsp3) is 0.263. The molecule has 4 N–H and O–H groups in total. The highest BCUT2D eigenvalue weighted by Crippen LogP contribution is 2.32. The number of phenolic OH excluding ortho intramolecular Hbond substituents is 1. The number of anilines is 1. The summed E-state index contributed by atoms with van der Waals surface area (Å²) in [5.74, 6) is -0.00640. The largest absolute Gasteiger partial charge is 0.507 e. The summed E-state index contributed by atoms with van der Waals surface area (Å²) in [6, 6.07) is 7.05. The van der Waals surface area contributed by atoms with Gasteiger partial charge in [0.1, 0.15) is 5.75 Å². The van der Waals surface area contributed by atoms with Gasteiger partial charge in [-0.15, -0.1) is 0 Å². The molecule has 4 rings (SSSR count). The number of rotatable bonds is 3. The third-order valence-electron chi connectivity index (χ3n) is 4.81. The van der Waals surface area contributed by atoms with Crippen molar-refractivity contribution in [3.8, 4) is 28.1 Å². The van der Waals surface area contributed by atoms with Gasteiger partial charge in [0.2, 0.25) is 0 Å². The molecule has 1 aliphatic heterocycles. The second kappa shape index (κ2) is 7.16. The first-order valence-electron chi connectivity index (χ1n) is 8.83. The van der Waals surface area contributed by atoms with Gasteiger partial charge in [-0.25, -0.2) is 4.98 Å². The van der Waals surface area contributed by atoms with Crippen LogP contribution in [0.4, 0.5) is 5.82 Å². The molecule has 1 aromatic carbocycles. The highest BCUT2D eigenvalue weighted by Gasteiger charge is 2.19. The zero-order valence-electron chi connectivity index (χ0n) is 14.7. The zero-order chi connectivity index (χ0) is 18.8. The number of aromatic nitrogens is 4. The van der Waals surface area contributed by atoms with E-state index in [2.05, 4.69) is 20.5 Å². The SMILES string of the molecule is Nc1nc(-c2cc(-c3ccnnc3)ccc2O)cn(C2CCCNC2)c1=O. The zero-order valence-corrected chi connectivity index (χ0v) is 14.7. The van der Waals surface area contributed by atoms with Crippen LogP contribution in [-0.4, -0.2) is 37.9 Å². The molecule has 0 spiro atoms. The Bertz CT molecular complexity index is 1010. The number of phenols is 1. The summed E-state index contributed by atoms with van der Waals surface area (Å²) >= 11 is 0. The van der Waals surface area contributed by atoms with Crippen LogP contribution >= 0.6 is 0 Å². The van der Waals surface area contributed by atoms with Gasteiger partial charge in [0, 0.05) is 29.9 Å². The molecule has 0 amide bonds. The number of benzene rings is 1. The molecule has 1 atom stereocenters. The van der Waals surface area contributed by atoms with Gasteiger partial charge in [-0.1, -0.05) is 6.07 Å². The van der Waals surface area contributed by atoms with Crippen LogP contribution in [0.15, 0.2) is 47.7 Å². The molecular weight excluding hydrogens is 344 g/mol. The molecule has 1 fully saturated rings. The van der Waals surface area contributed by atoms with E-state index in [1.165, 1.54) is 0 Å². The van der Waals surface area contributed by atoms with Crippen molar-refractivity contribution in [2.45, 2.75) is 18.9 Å². The highest BCUT2D eigenvalue weighted by molar-refractivity contribution is 5.75. The van der Waals surface area contributed by atoms with Gasteiger partial charge in [0.15, 0.2) is 5.82 Å². The Balaban J connectivity index is 1.81. The van der Waals surface area contributed by atoms with Crippen molar-refractivity contribution in [3.05, 3.63) is 53.2 Å². The fourth-order valence-electron chi connectivity index (χ4n) is 3.38. The van der Waals surface area contributed by atoms with Crippen LogP contribution in [0, 0.1) is 0 Å². The molecule has 1 saturated heterocycles. The van der Waals surface area contributed by atoms with Gasteiger partial charge in [-0.2, -0.15) is 10.2 Å². The summed E-state index contributed by atoms with van der Waals surface area (Å²) < 4.78 is 1.63. The molecule has 0 aliphatic carbocycles. The van der Waals surface area contributed by atoms with Crippen molar-refractivity contribution in [1.29, 1.82) is 0 Å². The van der Waals surface area contributed by atoms with E-state index in [9.17, 15) is 9.90 Å². The number of nitrogens with zero attached hydrogens (tertiary/aromatic N) is 4. The van der Waals surface area contributed by atoms with Crippen LogP contribution < -0.4 is 16.6 Å². The van der Waals surface area contributed by atoms with Crippen LogP contribution in [0.5, 0.6) is 5.75 Å². The second-order valence-electron chi connectivity index (χ2n) is 6.59. The molecule has 138 valence electrons. The van der Waals surface area contributed by atoms with Crippen molar-refractivity contribution in [2.24, 2.45) is 0 Å². The third-order valence-corrected chi connectivity index (χ3v) is 4.81. The lowest BCUT2D eigenvalue weighted by Gasteiger charge is -2.25. The van der Waals surface area contributed by atoms with Crippen molar-refractivity contribution in [2.75, 3.05) is 18.8 Å². The predicted molar refractivity (Wildman–Crippen MR) is 102 cm³/mol. The van der Waals surface area contributed by atoms with E-state index in [1.807, 2.05) is 12.1 Å². The number of hydrogen-bond acceptors (Lipinski definition) is 7. The van der Waals surface area contributed by atoms with Crippen molar-refractivity contribution in [1.82, 2.24) is 25.1 Å².